The van der Waals surface area contributed by atoms with Crippen LogP contribution >= 0.6 is 0 Å². The van der Waals surface area contributed by atoms with E-state index in [0.717, 1.165) is 90.4 Å². The maximum absolute atomic E-state index is 15.1. The number of carbonyl (C=O) groups excluding carboxylic acids is 15. The number of unbranched alkanes of at least 4 members (excludes halogenated alkanes) is 10. The summed E-state index contributed by atoms with van der Waals surface area (Å²) < 4.78 is 6.17. The smallest absolute Gasteiger partial charge is 0.328 e. The Labute approximate surface area is 729 Å². The molecule has 3 aliphatic heterocycles. The first-order valence-electron chi connectivity index (χ1n) is 43.6. The van der Waals surface area contributed by atoms with Gasteiger partial charge >= 0.3 is 5.97 Å². The van der Waals surface area contributed by atoms with E-state index in [1.165, 1.54) is 49.9 Å². The molecule has 0 bridgehead atoms. The molecule has 0 radical (unpaired) electrons. The molecule has 3 heterocycles. The third-order valence-corrected chi connectivity index (χ3v) is 22.1. The van der Waals surface area contributed by atoms with E-state index in [1.54, 1.807) is 0 Å². The highest BCUT2D eigenvalue weighted by atomic mass is 16.5. The minimum absolute atomic E-state index is 0.00186. The highest BCUT2D eigenvalue weighted by molar-refractivity contribution is 6.00. The number of nitrogens with one attached hydrogen (secondary N) is 10. The summed E-state index contributed by atoms with van der Waals surface area (Å²) in [5, 5.41) is 112. The number of carbonyl (C=O) groups is 15. The first-order valence-corrected chi connectivity index (χ1v) is 43.6. The van der Waals surface area contributed by atoms with Gasteiger partial charge in [0, 0.05) is 71.7 Å². The van der Waals surface area contributed by atoms with Crippen LogP contribution in [0.1, 0.15) is 189 Å². The van der Waals surface area contributed by atoms with Gasteiger partial charge in [-0.2, -0.15) is 0 Å². The number of fused-ring (bicyclic) bond motifs is 2. The second-order valence-electron chi connectivity index (χ2n) is 33.1. The molecule has 43 nitrogen and oxygen atoms in total. The van der Waals surface area contributed by atoms with E-state index < -0.39 is 249 Å². The van der Waals surface area contributed by atoms with Crippen molar-refractivity contribution in [3.05, 3.63) is 29.8 Å². The molecule has 0 unspecified atom stereocenters. The molecule has 0 aromatic heterocycles. The zero-order valence-electron chi connectivity index (χ0n) is 73.3. The minimum atomic E-state index is -2.27. The molecule has 14 amide bonds. The number of esters is 1. The Morgan fingerprint density at radius 1 is 0.528 bits per heavy atom. The summed E-state index contributed by atoms with van der Waals surface area (Å²) >= 11 is 0. The van der Waals surface area contributed by atoms with E-state index in [0.29, 0.717) is 36.1 Å². The number of aliphatic hydroxyl groups is 7. The van der Waals surface area contributed by atoms with E-state index in [2.05, 4.69) is 60.1 Å². The standard InChI is InChI=1S/C82H141N19O24/c1-9-10-11-12-13-14-15-16-17-18-19-22-54-41-62(111)92-65(47(5)102)75(117)89-46(4)71(113)91-56(39-51-25-27-52(106)28-26-51)72(114)94-64(45(2)3)80(122)101-44-53(107)40-58(101)73(115)95-67(49(7)104)77(119)96-68(50(8)105)81(123)100-35-29-59(108)70(100)78(120)97-69(60(109)42-61(87)110)74(116)88-43-63(112)93-66(48(6)103)76(118)90-55(82(124)125-54)23-21-34-99(38-33-86)79(121)57(24-20-30-83)98(36-31-84)37-32-85/h25-28,45-50,53-60,64-70,102-109H,9-24,29-44,83-86H2,1-8H3,(H2,87,110)(H,88,116)(H,89,117)(H,90,118)(H,91,113)(H,92,111)(H,93,112)(H,94,114)(H,95,115)(H,96,119)(H,97,120)/t46-,47-,48-,49-,50-,53-,54-,55+,56+,57-,58+,59+,60-,64+,65-,66-,67-,68+,69+,70+/m1/s1. The number of amides is 14. The second-order valence-corrected chi connectivity index (χ2v) is 33.1. The molecular formula is C82H141N19O24. The average molecular weight is 1780 g/mol. The van der Waals surface area contributed by atoms with Gasteiger partial charge < -0.3 is 142 Å². The van der Waals surface area contributed by atoms with Crippen molar-refractivity contribution in [2.45, 2.75) is 312 Å². The molecule has 3 aliphatic rings. The van der Waals surface area contributed by atoms with Gasteiger partial charge in [0.2, 0.25) is 82.7 Å². The average Bonchev–Trinajstić information content (AvgIpc) is 1.66. The molecule has 0 spiro atoms. The van der Waals surface area contributed by atoms with Gasteiger partial charge in [0.25, 0.3) is 0 Å². The predicted molar refractivity (Wildman–Crippen MR) is 454 cm³/mol. The Bertz CT molecular complexity index is 3650. The van der Waals surface area contributed by atoms with Crippen LogP contribution in [0.4, 0.5) is 0 Å². The molecule has 708 valence electrons. The zero-order chi connectivity index (χ0) is 93.5. The van der Waals surface area contributed by atoms with Gasteiger partial charge in [0.15, 0.2) is 0 Å². The molecule has 43 heteroatoms. The van der Waals surface area contributed by atoms with Gasteiger partial charge in [0.1, 0.15) is 78.3 Å². The molecule has 4 rings (SSSR count). The summed E-state index contributed by atoms with van der Waals surface area (Å²) in [5.74, 6) is -18.0. The Kier molecular flexibility index (Phi) is 47.7. The number of cyclic esters (lactones) is 1. The molecule has 0 aliphatic carbocycles. The van der Waals surface area contributed by atoms with Crippen LogP contribution in [0, 0.1) is 5.92 Å². The molecule has 1 aromatic rings. The summed E-state index contributed by atoms with van der Waals surface area (Å²) in [7, 11) is 0. The van der Waals surface area contributed by atoms with Crippen LogP contribution < -0.4 is 81.8 Å². The highest BCUT2D eigenvalue weighted by Gasteiger charge is 2.49. The van der Waals surface area contributed by atoms with Crippen LogP contribution in [-0.4, -0.2) is 342 Å². The fourth-order valence-corrected chi connectivity index (χ4v) is 15.2. The Balaban J connectivity index is 1.91. The third-order valence-electron chi connectivity index (χ3n) is 22.1. The number of aromatic hydroxyl groups is 1. The van der Waals surface area contributed by atoms with Crippen molar-refractivity contribution in [1.29, 1.82) is 0 Å². The molecule has 20 atom stereocenters. The van der Waals surface area contributed by atoms with E-state index in [1.807, 2.05) is 4.90 Å². The van der Waals surface area contributed by atoms with E-state index in [-0.39, 0.29) is 96.1 Å². The van der Waals surface area contributed by atoms with Gasteiger partial charge in [-0.3, -0.25) is 72.0 Å². The summed E-state index contributed by atoms with van der Waals surface area (Å²) in [6.07, 6.45) is -6.67. The number of primary amides is 1. The summed E-state index contributed by atoms with van der Waals surface area (Å²) in [6, 6.07) is -15.7. The fourth-order valence-electron chi connectivity index (χ4n) is 15.2. The monoisotopic (exact) mass is 1780 g/mol. The normalized spacial score (nSPS) is 26.2. The lowest BCUT2D eigenvalue weighted by molar-refractivity contribution is -0.155. The molecule has 28 N–H and O–H groups in total. The van der Waals surface area contributed by atoms with Crippen LogP contribution in [0.2, 0.25) is 0 Å². The van der Waals surface area contributed by atoms with Gasteiger partial charge in [-0.1, -0.05) is 97.1 Å². The van der Waals surface area contributed by atoms with Crippen molar-refractivity contribution in [2.75, 3.05) is 72.0 Å². The van der Waals surface area contributed by atoms with Crippen LogP contribution in [0.3, 0.4) is 0 Å². The lowest BCUT2D eigenvalue weighted by Gasteiger charge is -2.35. The second kappa shape index (κ2) is 55.2. The Morgan fingerprint density at radius 3 is 1.59 bits per heavy atom. The van der Waals surface area contributed by atoms with Crippen molar-refractivity contribution < 1.29 is 118 Å². The van der Waals surface area contributed by atoms with Gasteiger partial charge in [-0.25, -0.2) is 4.79 Å². The topological polar surface area (TPSA) is 690 Å². The van der Waals surface area contributed by atoms with E-state index in [4.69, 9.17) is 33.4 Å². The number of nitrogens with two attached hydrogens (primary N) is 5. The molecule has 1 aromatic carbocycles. The lowest BCUT2D eigenvalue weighted by Crippen LogP contribution is -2.64. The SMILES string of the molecule is CCCCCCCCCCCCC[C@@H]1CC(=O)N[C@H]([C@@H](C)O)C(=O)N[C@H](C)C(=O)N[C@@H](Cc2ccc(O)cc2)C(=O)N[C@@H](C(C)C)C(=O)N2C[C@H](O)C[C@H]2C(=O)N[C@H]([C@@H](C)O)C(=O)N[C@@H]([C@@H](C)O)C(=O)N2CC[C@H](O)[C@H]2C(=O)N[C@@H]([C@H](O)CC(N)=O)C(=O)NCC(=O)N[C@H]([C@@H](C)O)C(=O)N[C@@H](CCCN(CCN)C(=O)[C@@H](CCCN)N(CCN)CCN)C(=O)O1. The predicted octanol–water partition coefficient (Wildman–Crippen LogP) is -7.32. The van der Waals surface area contributed by atoms with E-state index >= 15 is 4.79 Å². The third kappa shape index (κ3) is 35.4. The number of ether oxygens (including phenoxy) is 1. The lowest BCUT2D eigenvalue weighted by atomic mass is 9.99. The van der Waals surface area contributed by atoms with Crippen molar-refractivity contribution in [3.63, 3.8) is 0 Å². The minimum Gasteiger partial charge on any atom is -0.508 e. The Morgan fingerprint density at radius 2 is 1.04 bits per heavy atom. The quantitative estimate of drug-likeness (QED) is 0.0217. The number of hydrogen-bond acceptors (Lipinski definition) is 29. The first-order chi connectivity index (χ1) is 59.1. The van der Waals surface area contributed by atoms with Crippen LogP contribution in [0.5, 0.6) is 5.75 Å². The Hall–Kier alpha value is -9.41. The first kappa shape index (κ1) is 108. The summed E-state index contributed by atoms with van der Waals surface area (Å²) in [5.41, 5.74) is 29.7. The number of benzene rings is 1. The number of aliphatic hydroxyl groups excluding tert-OH is 7. The van der Waals surface area contributed by atoms with Crippen LogP contribution in [-0.2, 0) is 83.1 Å². The van der Waals surface area contributed by atoms with Gasteiger partial charge in [-0.15, -0.1) is 0 Å². The van der Waals surface area contributed by atoms with Crippen LogP contribution in [0.25, 0.3) is 0 Å². The molecule has 125 heavy (non-hydrogen) atoms. The number of phenolic OH excluding ortho intramolecular Hbond substituents is 1. The van der Waals surface area contributed by atoms with Crippen molar-refractivity contribution >= 4 is 88.7 Å². The van der Waals surface area contributed by atoms with Crippen molar-refractivity contribution in [2.24, 2.45) is 34.6 Å². The number of phenols is 1. The fraction of sp³-hybridized carbons (Fsp3) is 0.744. The number of rotatable bonds is 37. The summed E-state index contributed by atoms with van der Waals surface area (Å²) in [4.78, 5) is 221. The van der Waals surface area contributed by atoms with E-state index in [9.17, 15) is 108 Å². The maximum atomic E-state index is 15.1. The van der Waals surface area contributed by atoms with Gasteiger partial charge in [0.05, 0.1) is 68.2 Å². The van der Waals surface area contributed by atoms with Crippen molar-refractivity contribution in [1.82, 2.24) is 72.8 Å². The highest BCUT2D eigenvalue weighted by Crippen LogP contribution is 2.26. The van der Waals surface area contributed by atoms with Gasteiger partial charge in [-0.05, 0) is 110 Å². The molecule has 0 saturated carbocycles. The number of hydrogen-bond donors (Lipinski definition) is 23. The zero-order valence-corrected chi connectivity index (χ0v) is 73.3. The number of nitrogens with zero attached hydrogens (tertiary/aromatic N) is 4. The van der Waals surface area contributed by atoms with Crippen molar-refractivity contribution in [3.8, 4) is 5.75 Å². The van der Waals surface area contributed by atoms with Crippen LogP contribution in [0.15, 0.2) is 24.3 Å². The molecule has 3 fully saturated rings. The largest absolute Gasteiger partial charge is 0.508 e. The molecule has 3 saturated heterocycles. The maximum Gasteiger partial charge on any atom is 0.328 e. The summed E-state index contributed by atoms with van der Waals surface area (Å²) in [6.45, 7) is 9.54. The molecular weight excluding hydrogens is 1640 g/mol.